The molecule has 0 saturated carbocycles. The predicted octanol–water partition coefficient (Wildman–Crippen LogP) is 4.24. The second-order valence-corrected chi connectivity index (χ2v) is 6.50. The molecule has 0 aliphatic rings. The van der Waals surface area contributed by atoms with Gasteiger partial charge in [0.2, 0.25) is 0 Å². The minimum atomic E-state index is -0.464. The van der Waals surface area contributed by atoms with Crippen LogP contribution in [-0.2, 0) is 4.79 Å². The summed E-state index contributed by atoms with van der Waals surface area (Å²) in [6.45, 7) is 5.78. The van der Waals surface area contributed by atoms with Crippen molar-refractivity contribution in [3.05, 3.63) is 51.0 Å². The first-order chi connectivity index (χ1) is 12.8. The summed E-state index contributed by atoms with van der Waals surface area (Å²) in [5, 5.41) is 14.3. The lowest BCUT2D eigenvalue weighted by atomic mass is 10.1. The molecule has 0 spiro atoms. The van der Waals surface area contributed by atoms with Gasteiger partial charge in [-0.25, -0.2) is 5.43 Å². The van der Waals surface area contributed by atoms with Gasteiger partial charge in [0.05, 0.1) is 28.4 Å². The molecule has 2 rings (SSSR count). The fraction of sp³-hybridized carbons (Fsp3) is 0.263. The molecular formula is C19H20Cl2N2O4. The van der Waals surface area contributed by atoms with E-state index < -0.39 is 5.91 Å². The number of aromatic hydroxyl groups is 1. The Bertz CT molecular complexity index is 869. The number of benzene rings is 2. The van der Waals surface area contributed by atoms with Gasteiger partial charge in [0.25, 0.3) is 5.91 Å². The van der Waals surface area contributed by atoms with Crippen LogP contribution in [0.15, 0.2) is 29.4 Å². The van der Waals surface area contributed by atoms with E-state index in [0.717, 1.165) is 11.1 Å². The zero-order valence-electron chi connectivity index (χ0n) is 15.2. The van der Waals surface area contributed by atoms with Crippen LogP contribution in [0, 0.1) is 13.8 Å². The second-order valence-electron chi connectivity index (χ2n) is 5.72. The largest absolute Gasteiger partial charge is 0.504 e. The van der Waals surface area contributed by atoms with E-state index in [9.17, 15) is 9.90 Å². The SMILES string of the molecule is CCOc1cc(Cl)c(Cl)c(/C=N/NC(=O)COc2ccc(C)cc2C)c1O. The van der Waals surface area contributed by atoms with Crippen molar-refractivity contribution in [2.45, 2.75) is 20.8 Å². The van der Waals surface area contributed by atoms with E-state index in [-0.39, 0.29) is 33.7 Å². The lowest BCUT2D eigenvalue weighted by molar-refractivity contribution is -0.123. The molecule has 0 atom stereocenters. The van der Waals surface area contributed by atoms with Gasteiger partial charge in [-0.1, -0.05) is 40.9 Å². The maximum Gasteiger partial charge on any atom is 0.277 e. The Morgan fingerprint density at radius 1 is 1.22 bits per heavy atom. The lowest BCUT2D eigenvalue weighted by Gasteiger charge is -2.11. The molecule has 0 aromatic heterocycles. The van der Waals surface area contributed by atoms with Crippen molar-refractivity contribution in [2.24, 2.45) is 5.10 Å². The van der Waals surface area contributed by atoms with Gasteiger partial charge in [0, 0.05) is 6.07 Å². The van der Waals surface area contributed by atoms with E-state index in [1.54, 1.807) is 13.0 Å². The standard InChI is InChI=1S/C19H20Cl2N2O4/c1-4-26-16-8-14(20)18(21)13(19(16)25)9-22-23-17(24)10-27-15-6-5-11(2)7-12(15)3/h5-9,25H,4,10H2,1-3H3,(H,23,24)/b22-9+. The summed E-state index contributed by atoms with van der Waals surface area (Å²) >= 11 is 12.1. The van der Waals surface area contributed by atoms with Crippen molar-refractivity contribution in [1.29, 1.82) is 0 Å². The van der Waals surface area contributed by atoms with Crippen LogP contribution in [0.4, 0.5) is 0 Å². The zero-order valence-corrected chi connectivity index (χ0v) is 16.7. The quantitative estimate of drug-likeness (QED) is 0.528. The van der Waals surface area contributed by atoms with E-state index >= 15 is 0 Å². The van der Waals surface area contributed by atoms with Gasteiger partial charge < -0.3 is 14.6 Å². The number of rotatable bonds is 7. The first kappa shape index (κ1) is 20.9. The highest BCUT2D eigenvalue weighted by Crippen LogP contribution is 2.39. The number of phenolic OH excluding ortho intramolecular Hbond substituents is 1. The van der Waals surface area contributed by atoms with Gasteiger partial charge >= 0.3 is 0 Å². The summed E-state index contributed by atoms with van der Waals surface area (Å²) in [6.07, 6.45) is 1.20. The highest BCUT2D eigenvalue weighted by molar-refractivity contribution is 6.43. The summed E-state index contributed by atoms with van der Waals surface area (Å²) in [5.74, 6) is 0.124. The Balaban J connectivity index is 2.01. The number of halogens is 2. The summed E-state index contributed by atoms with van der Waals surface area (Å²) in [4.78, 5) is 11.9. The Morgan fingerprint density at radius 2 is 1.96 bits per heavy atom. The van der Waals surface area contributed by atoms with Crippen molar-refractivity contribution in [3.63, 3.8) is 0 Å². The molecular weight excluding hydrogens is 391 g/mol. The van der Waals surface area contributed by atoms with E-state index in [1.165, 1.54) is 12.3 Å². The van der Waals surface area contributed by atoms with Crippen LogP contribution < -0.4 is 14.9 Å². The molecule has 6 nitrogen and oxygen atoms in total. The molecule has 0 aliphatic heterocycles. The smallest absolute Gasteiger partial charge is 0.277 e. The molecule has 27 heavy (non-hydrogen) atoms. The van der Waals surface area contributed by atoms with Gasteiger partial charge in [-0.05, 0) is 32.4 Å². The van der Waals surface area contributed by atoms with Crippen molar-refractivity contribution < 1.29 is 19.4 Å². The van der Waals surface area contributed by atoms with E-state index in [1.807, 2.05) is 26.0 Å². The molecule has 144 valence electrons. The average Bonchev–Trinajstić information content (AvgIpc) is 2.62. The van der Waals surface area contributed by atoms with Crippen LogP contribution in [0.2, 0.25) is 10.0 Å². The molecule has 0 radical (unpaired) electrons. The third-order valence-electron chi connectivity index (χ3n) is 3.56. The predicted molar refractivity (Wildman–Crippen MR) is 106 cm³/mol. The molecule has 8 heteroatoms. The minimum Gasteiger partial charge on any atom is -0.504 e. The molecule has 0 unspecified atom stereocenters. The highest BCUT2D eigenvalue weighted by atomic mass is 35.5. The van der Waals surface area contributed by atoms with Gasteiger partial charge in [-0.2, -0.15) is 5.10 Å². The van der Waals surface area contributed by atoms with Gasteiger partial charge in [-0.15, -0.1) is 0 Å². The number of hydrogen-bond donors (Lipinski definition) is 2. The summed E-state index contributed by atoms with van der Waals surface area (Å²) in [6, 6.07) is 7.08. The molecule has 0 saturated heterocycles. The Hall–Kier alpha value is -2.44. The fourth-order valence-corrected chi connectivity index (χ4v) is 2.69. The van der Waals surface area contributed by atoms with Gasteiger partial charge in [0.15, 0.2) is 18.1 Å². The van der Waals surface area contributed by atoms with Crippen LogP contribution in [-0.4, -0.2) is 30.4 Å². The Morgan fingerprint density at radius 3 is 2.63 bits per heavy atom. The normalized spacial score (nSPS) is 10.9. The van der Waals surface area contributed by atoms with Crippen LogP contribution in [0.1, 0.15) is 23.6 Å². The lowest BCUT2D eigenvalue weighted by Crippen LogP contribution is -2.24. The minimum absolute atomic E-state index is 0.0992. The number of carbonyl (C=O) groups excluding carboxylic acids is 1. The van der Waals surface area contributed by atoms with E-state index in [0.29, 0.717) is 12.4 Å². The zero-order chi connectivity index (χ0) is 20.0. The molecule has 0 bridgehead atoms. The second kappa shape index (κ2) is 9.48. The number of ether oxygens (including phenoxy) is 2. The molecule has 2 aromatic carbocycles. The van der Waals surface area contributed by atoms with E-state index in [2.05, 4.69) is 10.5 Å². The molecule has 0 aliphatic carbocycles. The van der Waals surface area contributed by atoms with Gasteiger partial charge in [0.1, 0.15) is 5.75 Å². The average molecular weight is 411 g/mol. The molecule has 2 aromatic rings. The first-order valence-corrected chi connectivity index (χ1v) is 8.94. The monoisotopic (exact) mass is 410 g/mol. The number of amides is 1. The molecule has 2 N–H and O–H groups in total. The fourth-order valence-electron chi connectivity index (χ4n) is 2.30. The third kappa shape index (κ3) is 5.52. The maximum absolute atomic E-state index is 11.9. The van der Waals surface area contributed by atoms with Crippen molar-refractivity contribution in [1.82, 2.24) is 5.43 Å². The van der Waals surface area contributed by atoms with Crippen LogP contribution in [0.3, 0.4) is 0 Å². The van der Waals surface area contributed by atoms with Crippen molar-refractivity contribution >= 4 is 35.3 Å². The number of hydrazone groups is 1. The third-order valence-corrected chi connectivity index (χ3v) is 4.37. The number of phenols is 1. The van der Waals surface area contributed by atoms with Crippen LogP contribution >= 0.6 is 23.2 Å². The number of carbonyl (C=O) groups is 1. The molecule has 0 fully saturated rings. The van der Waals surface area contributed by atoms with Crippen molar-refractivity contribution in [2.75, 3.05) is 13.2 Å². The summed E-state index contributed by atoms with van der Waals surface area (Å²) < 4.78 is 10.8. The Kier molecular flexibility index (Phi) is 7.33. The van der Waals surface area contributed by atoms with Crippen LogP contribution in [0.25, 0.3) is 0 Å². The molecule has 1 amide bonds. The number of aryl methyl sites for hydroxylation is 2. The highest BCUT2D eigenvalue weighted by Gasteiger charge is 2.15. The number of nitrogens with one attached hydrogen (secondary N) is 1. The number of hydrogen-bond acceptors (Lipinski definition) is 5. The maximum atomic E-state index is 11.9. The summed E-state index contributed by atoms with van der Waals surface area (Å²) in [7, 11) is 0. The van der Waals surface area contributed by atoms with Crippen LogP contribution in [0.5, 0.6) is 17.2 Å². The topological polar surface area (TPSA) is 80.2 Å². The Labute approximate surface area is 167 Å². The van der Waals surface area contributed by atoms with E-state index in [4.69, 9.17) is 32.7 Å². The van der Waals surface area contributed by atoms with Crippen molar-refractivity contribution in [3.8, 4) is 17.2 Å². The molecule has 0 heterocycles. The first-order valence-electron chi connectivity index (χ1n) is 8.19. The number of nitrogens with zero attached hydrogens (tertiary/aromatic N) is 1. The summed E-state index contributed by atoms with van der Waals surface area (Å²) in [5.41, 5.74) is 4.50. The van der Waals surface area contributed by atoms with Gasteiger partial charge in [-0.3, -0.25) is 4.79 Å².